The summed E-state index contributed by atoms with van der Waals surface area (Å²) in [5.74, 6) is 0.649. The largest absolute Gasteiger partial charge is 0.356 e. The Morgan fingerprint density at radius 2 is 2.15 bits per heavy atom. The molecule has 1 atom stereocenters. The van der Waals surface area contributed by atoms with Gasteiger partial charge in [-0.25, -0.2) is 0 Å². The molecule has 1 aromatic rings. The number of carbonyl (C=O) groups excluding carboxylic acids is 1. The second kappa shape index (κ2) is 8.08. The van der Waals surface area contributed by atoms with Gasteiger partial charge in [-0.2, -0.15) is 0 Å². The first-order chi connectivity index (χ1) is 9.09. The maximum atomic E-state index is 11.9. The van der Waals surface area contributed by atoms with E-state index in [9.17, 15) is 4.79 Å². The van der Waals surface area contributed by atoms with E-state index >= 15 is 0 Å². The summed E-state index contributed by atoms with van der Waals surface area (Å²) in [5, 5.41) is 7.27. The molecular weight excluding hydrogens is 319 g/mol. The lowest BCUT2D eigenvalue weighted by molar-refractivity contribution is -0.126. The number of hydrogen-bond donors (Lipinski definition) is 2. The molecule has 2 N–H and O–H groups in total. The molecular formula is C14H19Cl3N2O. The summed E-state index contributed by atoms with van der Waals surface area (Å²) in [6.45, 7) is 4.44. The minimum absolute atomic E-state index is 0. The third kappa shape index (κ3) is 4.26. The number of amides is 1. The van der Waals surface area contributed by atoms with Crippen molar-refractivity contribution in [3.05, 3.63) is 33.8 Å². The second-order valence-electron chi connectivity index (χ2n) is 4.96. The Labute approximate surface area is 135 Å². The van der Waals surface area contributed by atoms with E-state index in [0.29, 0.717) is 28.9 Å². The molecule has 1 unspecified atom stereocenters. The summed E-state index contributed by atoms with van der Waals surface area (Å²) in [6.07, 6.45) is 0.695. The van der Waals surface area contributed by atoms with Crippen molar-refractivity contribution in [3.63, 3.8) is 0 Å². The van der Waals surface area contributed by atoms with Crippen LogP contribution < -0.4 is 10.6 Å². The Kier molecular flexibility index (Phi) is 7.10. The molecule has 112 valence electrons. The zero-order valence-corrected chi connectivity index (χ0v) is 13.6. The van der Waals surface area contributed by atoms with E-state index in [2.05, 4.69) is 10.6 Å². The van der Waals surface area contributed by atoms with Gasteiger partial charge in [-0.15, -0.1) is 12.4 Å². The van der Waals surface area contributed by atoms with Crippen LogP contribution in [0.3, 0.4) is 0 Å². The quantitative estimate of drug-likeness (QED) is 0.867. The predicted octanol–water partition coefficient (Wildman–Crippen LogP) is 2.93. The Hall–Kier alpha value is -0.480. The summed E-state index contributed by atoms with van der Waals surface area (Å²) in [6, 6.07) is 5.56. The van der Waals surface area contributed by atoms with Gasteiger partial charge in [0.1, 0.15) is 0 Å². The van der Waals surface area contributed by atoms with Crippen molar-refractivity contribution < 1.29 is 4.79 Å². The van der Waals surface area contributed by atoms with Crippen molar-refractivity contribution in [2.45, 2.75) is 13.3 Å². The van der Waals surface area contributed by atoms with E-state index in [1.807, 2.05) is 19.1 Å². The number of hydrogen-bond acceptors (Lipinski definition) is 2. The van der Waals surface area contributed by atoms with Crippen molar-refractivity contribution >= 4 is 41.5 Å². The number of nitrogens with one attached hydrogen (secondary N) is 2. The van der Waals surface area contributed by atoms with Crippen LogP contribution in [0.15, 0.2) is 18.2 Å². The van der Waals surface area contributed by atoms with E-state index < -0.39 is 0 Å². The number of benzene rings is 1. The van der Waals surface area contributed by atoms with Crippen LogP contribution in [-0.4, -0.2) is 25.5 Å². The van der Waals surface area contributed by atoms with E-state index in [0.717, 1.165) is 18.7 Å². The fourth-order valence-corrected chi connectivity index (χ4v) is 2.52. The SMILES string of the molecule is CC(C(=O)NCCc1cccc(Cl)c1Cl)C1CNC1.Cl. The molecule has 1 aliphatic rings. The van der Waals surface area contributed by atoms with Gasteiger partial charge in [0, 0.05) is 12.5 Å². The highest BCUT2D eigenvalue weighted by atomic mass is 35.5. The molecule has 1 aliphatic heterocycles. The first kappa shape index (κ1) is 17.6. The van der Waals surface area contributed by atoms with Crippen LogP contribution in [0.25, 0.3) is 0 Å². The van der Waals surface area contributed by atoms with Crippen LogP contribution in [0.4, 0.5) is 0 Å². The normalized spacial score (nSPS) is 15.9. The molecule has 20 heavy (non-hydrogen) atoms. The van der Waals surface area contributed by atoms with E-state index in [4.69, 9.17) is 23.2 Å². The van der Waals surface area contributed by atoms with Crippen LogP contribution in [-0.2, 0) is 11.2 Å². The molecule has 1 fully saturated rings. The Morgan fingerprint density at radius 3 is 2.75 bits per heavy atom. The van der Waals surface area contributed by atoms with Crippen molar-refractivity contribution in [3.8, 4) is 0 Å². The Morgan fingerprint density at radius 1 is 1.45 bits per heavy atom. The lowest BCUT2D eigenvalue weighted by atomic mass is 9.88. The molecule has 0 aromatic heterocycles. The molecule has 1 heterocycles. The number of halogens is 3. The van der Waals surface area contributed by atoms with Gasteiger partial charge in [-0.3, -0.25) is 4.79 Å². The molecule has 6 heteroatoms. The zero-order chi connectivity index (χ0) is 13.8. The van der Waals surface area contributed by atoms with Crippen LogP contribution in [0.5, 0.6) is 0 Å². The fourth-order valence-electron chi connectivity index (χ4n) is 2.10. The van der Waals surface area contributed by atoms with Gasteiger partial charge in [0.2, 0.25) is 5.91 Å². The van der Waals surface area contributed by atoms with Gasteiger partial charge in [0.15, 0.2) is 0 Å². The molecule has 0 radical (unpaired) electrons. The van der Waals surface area contributed by atoms with Crippen LogP contribution in [0.2, 0.25) is 10.0 Å². The molecule has 0 saturated carbocycles. The fraction of sp³-hybridized carbons (Fsp3) is 0.500. The summed E-state index contributed by atoms with van der Waals surface area (Å²) >= 11 is 12.0. The van der Waals surface area contributed by atoms with Gasteiger partial charge in [0.25, 0.3) is 0 Å². The standard InChI is InChI=1S/C14H18Cl2N2O.ClH/c1-9(11-7-17-8-11)14(19)18-6-5-10-3-2-4-12(15)13(10)16;/h2-4,9,11,17H,5-8H2,1H3,(H,18,19);1H. The van der Waals surface area contributed by atoms with Gasteiger partial charge >= 0.3 is 0 Å². The maximum Gasteiger partial charge on any atom is 0.223 e. The average Bonchev–Trinajstić information content (AvgIpc) is 2.32. The minimum Gasteiger partial charge on any atom is -0.356 e. The van der Waals surface area contributed by atoms with Gasteiger partial charge in [0.05, 0.1) is 10.0 Å². The lowest BCUT2D eigenvalue weighted by Gasteiger charge is -2.31. The smallest absolute Gasteiger partial charge is 0.223 e. The molecule has 0 bridgehead atoms. The number of rotatable bonds is 5. The van der Waals surface area contributed by atoms with Crippen LogP contribution in [0, 0.1) is 11.8 Å². The van der Waals surface area contributed by atoms with Crippen molar-refractivity contribution in [2.24, 2.45) is 11.8 Å². The molecule has 1 saturated heterocycles. The highest BCUT2D eigenvalue weighted by Gasteiger charge is 2.28. The zero-order valence-electron chi connectivity index (χ0n) is 11.3. The van der Waals surface area contributed by atoms with E-state index in [-0.39, 0.29) is 24.2 Å². The molecule has 1 aromatic carbocycles. The summed E-state index contributed by atoms with van der Waals surface area (Å²) in [7, 11) is 0. The van der Waals surface area contributed by atoms with Crippen molar-refractivity contribution in [1.82, 2.24) is 10.6 Å². The molecule has 3 nitrogen and oxygen atoms in total. The molecule has 0 spiro atoms. The Balaban J connectivity index is 0.00000200. The van der Waals surface area contributed by atoms with Crippen LogP contribution in [0.1, 0.15) is 12.5 Å². The number of carbonyl (C=O) groups is 1. The summed E-state index contributed by atoms with van der Waals surface area (Å²) in [4.78, 5) is 11.9. The molecule has 1 amide bonds. The minimum atomic E-state index is 0. The van der Waals surface area contributed by atoms with Gasteiger partial charge in [-0.1, -0.05) is 42.3 Å². The van der Waals surface area contributed by atoms with Crippen molar-refractivity contribution in [2.75, 3.05) is 19.6 Å². The van der Waals surface area contributed by atoms with Crippen LogP contribution >= 0.6 is 35.6 Å². The third-order valence-corrected chi connectivity index (χ3v) is 4.52. The van der Waals surface area contributed by atoms with Crippen molar-refractivity contribution in [1.29, 1.82) is 0 Å². The first-order valence-corrected chi connectivity index (χ1v) is 7.26. The monoisotopic (exact) mass is 336 g/mol. The Bertz CT molecular complexity index is 464. The van der Waals surface area contributed by atoms with E-state index in [1.165, 1.54) is 0 Å². The second-order valence-corrected chi connectivity index (χ2v) is 5.75. The maximum absolute atomic E-state index is 11.9. The van der Waals surface area contributed by atoms with Gasteiger partial charge in [-0.05, 0) is 37.1 Å². The highest BCUT2D eigenvalue weighted by molar-refractivity contribution is 6.42. The molecule has 0 aliphatic carbocycles. The highest BCUT2D eigenvalue weighted by Crippen LogP contribution is 2.25. The summed E-state index contributed by atoms with van der Waals surface area (Å²) < 4.78 is 0. The lowest BCUT2D eigenvalue weighted by Crippen LogP contribution is -2.49. The topological polar surface area (TPSA) is 41.1 Å². The molecule has 2 rings (SSSR count). The van der Waals surface area contributed by atoms with E-state index in [1.54, 1.807) is 6.07 Å². The van der Waals surface area contributed by atoms with Gasteiger partial charge < -0.3 is 10.6 Å². The first-order valence-electron chi connectivity index (χ1n) is 6.51. The third-order valence-electron chi connectivity index (χ3n) is 3.66. The summed E-state index contributed by atoms with van der Waals surface area (Å²) in [5.41, 5.74) is 0.965. The average molecular weight is 338 g/mol. The predicted molar refractivity (Wildman–Crippen MR) is 85.9 cm³/mol.